The van der Waals surface area contributed by atoms with E-state index >= 15 is 0 Å². The van der Waals surface area contributed by atoms with Gasteiger partial charge in [0.2, 0.25) is 0 Å². The lowest BCUT2D eigenvalue weighted by Gasteiger charge is -2.20. The van der Waals surface area contributed by atoms with Gasteiger partial charge in [0.15, 0.2) is 0 Å². The van der Waals surface area contributed by atoms with E-state index in [4.69, 9.17) is 5.11 Å². The molecule has 0 aliphatic carbocycles. The van der Waals surface area contributed by atoms with E-state index in [1.54, 1.807) is 24.3 Å². The molecule has 1 aliphatic rings. The number of hydrogen-bond donors (Lipinski definition) is 2. The number of aliphatic hydroxyl groups is 1. The molecule has 0 amide bonds. The van der Waals surface area contributed by atoms with Gasteiger partial charge in [0.05, 0.1) is 16.7 Å². The van der Waals surface area contributed by atoms with Crippen molar-refractivity contribution in [2.45, 2.75) is 18.9 Å². The van der Waals surface area contributed by atoms with Crippen LogP contribution in [0.3, 0.4) is 0 Å². The lowest BCUT2D eigenvalue weighted by Crippen LogP contribution is -2.29. The van der Waals surface area contributed by atoms with Gasteiger partial charge in [-0.3, -0.25) is 0 Å². The molecule has 0 radical (unpaired) electrons. The van der Waals surface area contributed by atoms with Gasteiger partial charge in [0.25, 0.3) is 0 Å². The van der Waals surface area contributed by atoms with Crippen LogP contribution in [-0.2, 0) is 0 Å². The van der Waals surface area contributed by atoms with Crippen LogP contribution in [0, 0.1) is 0 Å². The zero-order valence-corrected chi connectivity index (χ0v) is 11.2. The van der Waals surface area contributed by atoms with Crippen LogP contribution in [0.1, 0.15) is 23.7 Å². The van der Waals surface area contributed by atoms with Crippen LogP contribution in [0.15, 0.2) is 30.3 Å². The van der Waals surface area contributed by atoms with Crippen molar-refractivity contribution in [2.24, 2.45) is 0 Å². The van der Waals surface area contributed by atoms with Gasteiger partial charge in [-0.2, -0.15) is 0 Å². The summed E-state index contributed by atoms with van der Waals surface area (Å²) in [6.07, 6.45) is 0.710. The summed E-state index contributed by atoms with van der Waals surface area (Å²) in [7, 11) is 0. The standard InChI is InChI=1S/C15H16N2O3/c1-15(20)7-8-17(9-15)13-6-5-10-11(14(18)19)3-2-4-12(10)16-13/h2-6,20H,7-9H2,1H3,(H,18,19). The topological polar surface area (TPSA) is 73.7 Å². The van der Waals surface area contributed by atoms with Crippen molar-refractivity contribution in [3.05, 3.63) is 35.9 Å². The molecule has 5 heteroatoms. The number of nitrogens with zero attached hydrogens (tertiary/aromatic N) is 2. The number of aromatic nitrogens is 1. The van der Waals surface area contributed by atoms with E-state index < -0.39 is 11.6 Å². The molecule has 104 valence electrons. The zero-order chi connectivity index (χ0) is 14.3. The number of benzene rings is 1. The Labute approximate surface area is 116 Å². The van der Waals surface area contributed by atoms with E-state index in [-0.39, 0.29) is 5.56 Å². The first-order chi connectivity index (χ1) is 9.46. The smallest absolute Gasteiger partial charge is 0.336 e. The number of β-amino-alcohol motifs (C(OH)–C–C–N with tert-alkyl or cyclic N) is 1. The molecule has 20 heavy (non-hydrogen) atoms. The molecule has 1 aliphatic heterocycles. The van der Waals surface area contributed by atoms with Gasteiger partial charge in [-0.05, 0) is 37.6 Å². The summed E-state index contributed by atoms with van der Waals surface area (Å²) in [4.78, 5) is 17.7. The van der Waals surface area contributed by atoms with Crippen LogP contribution in [0.25, 0.3) is 10.9 Å². The molecule has 1 aromatic carbocycles. The molecule has 1 unspecified atom stereocenters. The van der Waals surface area contributed by atoms with Crippen molar-refractivity contribution in [1.82, 2.24) is 4.98 Å². The highest BCUT2D eigenvalue weighted by molar-refractivity contribution is 6.02. The number of carboxylic acids is 1. The summed E-state index contributed by atoms with van der Waals surface area (Å²) >= 11 is 0. The molecule has 0 bridgehead atoms. The van der Waals surface area contributed by atoms with Gasteiger partial charge in [-0.15, -0.1) is 0 Å². The van der Waals surface area contributed by atoms with E-state index in [0.29, 0.717) is 23.9 Å². The Bertz CT molecular complexity index is 682. The molecule has 1 saturated heterocycles. The maximum Gasteiger partial charge on any atom is 0.336 e. The molecule has 2 aromatic rings. The third-order valence-corrected chi connectivity index (χ3v) is 3.72. The number of carbonyl (C=O) groups is 1. The Hall–Kier alpha value is -2.14. The van der Waals surface area contributed by atoms with Gasteiger partial charge in [0, 0.05) is 18.5 Å². The van der Waals surface area contributed by atoms with E-state index in [0.717, 1.165) is 12.4 Å². The van der Waals surface area contributed by atoms with Crippen molar-refractivity contribution in [3.8, 4) is 0 Å². The van der Waals surface area contributed by atoms with Crippen LogP contribution >= 0.6 is 0 Å². The highest BCUT2D eigenvalue weighted by Gasteiger charge is 2.32. The third-order valence-electron chi connectivity index (χ3n) is 3.72. The number of anilines is 1. The van der Waals surface area contributed by atoms with E-state index in [1.165, 1.54) is 0 Å². The SMILES string of the molecule is CC1(O)CCN(c2ccc3c(C(=O)O)cccc3n2)C1. The number of pyridine rings is 1. The van der Waals surface area contributed by atoms with Crippen LogP contribution in [-0.4, -0.2) is 39.9 Å². The first-order valence-corrected chi connectivity index (χ1v) is 6.57. The Balaban J connectivity index is 2.02. The van der Waals surface area contributed by atoms with E-state index in [9.17, 15) is 9.90 Å². The summed E-state index contributed by atoms with van der Waals surface area (Å²) in [5.41, 5.74) is 0.239. The summed E-state index contributed by atoms with van der Waals surface area (Å²) in [6, 6.07) is 8.68. The Kier molecular flexibility index (Phi) is 2.87. The normalized spacial score (nSPS) is 22.4. The predicted octanol–water partition coefficient (Wildman–Crippen LogP) is 1.89. The maximum atomic E-state index is 11.2. The molecule has 0 saturated carbocycles. The second kappa shape index (κ2) is 4.45. The molecular formula is C15H16N2O3. The number of carboxylic acid groups (broad SMARTS) is 1. The molecular weight excluding hydrogens is 256 g/mol. The molecule has 1 atom stereocenters. The highest BCUT2D eigenvalue weighted by atomic mass is 16.4. The highest BCUT2D eigenvalue weighted by Crippen LogP contribution is 2.27. The Morgan fingerprint density at radius 3 is 2.80 bits per heavy atom. The fourth-order valence-corrected chi connectivity index (χ4v) is 2.65. The molecule has 5 nitrogen and oxygen atoms in total. The van der Waals surface area contributed by atoms with Gasteiger partial charge in [-0.25, -0.2) is 9.78 Å². The van der Waals surface area contributed by atoms with Crippen LogP contribution < -0.4 is 4.90 Å². The van der Waals surface area contributed by atoms with Crippen molar-refractivity contribution >= 4 is 22.7 Å². The molecule has 2 heterocycles. The lowest BCUT2D eigenvalue weighted by atomic mass is 10.1. The molecule has 0 spiro atoms. The van der Waals surface area contributed by atoms with Crippen LogP contribution in [0.2, 0.25) is 0 Å². The minimum absolute atomic E-state index is 0.259. The minimum atomic E-state index is -0.950. The fraction of sp³-hybridized carbons (Fsp3) is 0.333. The predicted molar refractivity (Wildman–Crippen MR) is 76.2 cm³/mol. The van der Waals surface area contributed by atoms with Crippen LogP contribution in [0.4, 0.5) is 5.82 Å². The fourth-order valence-electron chi connectivity index (χ4n) is 2.65. The monoisotopic (exact) mass is 272 g/mol. The number of hydrogen-bond acceptors (Lipinski definition) is 4. The average molecular weight is 272 g/mol. The molecule has 2 N–H and O–H groups in total. The lowest BCUT2D eigenvalue weighted by molar-refractivity contribution is 0.0698. The number of fused-ring (bicyclic) bond motifs is 1. The number of rotatable bonds is 2. The Morgan fingerprint density at radius 1 is 1.35 bits per heavy atom. The van der Waals surface area contributed by atoms with Gasteiger partial charge < -0.3 is 15.1 Å². The van der Waals surface area contributed by atoms with E-state index in [2.05, 4.69) is 4.98 Å². The largest absolute Gasteiger partial charge is 0.478 e. The summed E-state index contributed by atoms with van der Waals surface area (Å²) in [6.45, 7) is 3.12. The first kappa shape index (κ1) is 12.9. The van der Waals surface area contributed by atoms with Crippen molar-refractivity contribution in [2.75, 3.05) is 18.0 Å². The van der Waals surface area contributed by atoms with Crippen molar-refractivity contribution < 1.29 is 15.0 Å². The first-order valence-electron chi connectivity index (χ1n) is 6.57. The zero-order valence-electron chi connectivity index (χ0n) is 11.2. The second-order valence-corrected chi connectivity index (χ2v) is 5.52. The van der Waals surface area contributed by atoms with Gasteiger partial charge >= 0.3 is 5.97 Å². The molecule has 3 rings (SSSR count). The molecule has 1 fully saturated rings. The quantitative estimate of drug-likeness (QED) is 0.873. The second-order valence-electron chi connectivity index (χ2n) is 5.52. The average Bonchev–Trinajstić information content (AvgIpc) is 2.77. The summed E-state index contributed by atoms with van der Waals surface area (Å²) in [5, 5.41) is 19.8. The Morgan fingerprint density at radius 2 is 2.15 bits per heavy atom. The van der Waals surface area contributed by atoms with E-state index in [1.807, 2.05) is 17.9 Å². The van der Waals surface area contributed by atoms with Crippen LogP contribution in [0.5, 0.6) is 0 Å². The van der Waals surface area contributed by atoms with Crippen molar-refractivity contribution in [3.63, 3.8) is 0 Å². The number of aromatic carboxylic acids is 1. The third kappa shape index (κ3) is 2.20. The molecule has 1 aromatic heterocycles. The minimum Gasteiger partial charge on any atom is -0.478 e. The van der Waals surface area contributed by atoms with Gasteiger partial charge in [-0.1, -0.05) is 6.07 Å². The summed E-state index contributed by atoms with van der Waals surface area (Å²) in [5.74, 6) is -0.174. The van der Waals surface area contributed by atoms with Crippen molar-refractivity contribution in [1.29, 1.82) is 0 Å². The maximum absolute atomic E-state index is 11.2. The van der Waals surface area contributed by atoms with Gasteiger partial charge in [0.1, 0.15) is 5.82 Å². The summed E-state index contributed by atoms with van der Waals surface area (Å²) < 4.78 is 0.